The van der Waals surface area contributed by atoms with Crippen molar-refractivity contribution in [3.05, 3.63) is 36.0 Å². The van der Waals surface area contributed by atoms with Crippen LogP contribution in [0, 0.1) is 17.8 Å². The summed E-state index contributed by atoms with van der Waals surface area (Å²) in [6.07, 6.45) is 11.7. The highest BCUT2D eigenvalue weighted by molar-refractivity contribution is 6.08. The molecule has 0 aromatic carbocycles. The van der Waals surface area contributed by atoms with Gasteiger partial charge in [-0.15, -0.1) is 0 Å². The normalized spacial score (nSPS) is 24.2. The Morgan fingerprint density at radius 3 is 2.44 bits per heavy atom. The van der Waals surface area contributed by atoms with Gasteiger partial charge in [0.1, 0.15) is 12.1 Å². The predicted octanol–water partition coefficient (Wildman–Crippen LogP) is 3.39. The highest BCUT2D eigenvalue weighted by Gasteiger charge is 2.51. The molecule has 1 saturated carbocycles. The number of likely N-dealkylation sites (tertiary alicyclic amines) is 1. The fraction of sp³-hybridized carbons (Fsp3) is 0.600. The van der Waals surface area contributed by atoms with Gasteiger partial charge < -0.3 is 10.1 Å². The number of amides is 3. The Morgan fingerprint density at radius 1 is 1.16 bits per heavy atom. The summed E-state index contributed by atoms with van der Waals surface area (Å²) in [4.78, 5) is 45.0. The lowest BCUT2D eigenvalue weighted by Gasteiger charge is -2.27. The van der Waals surface area contributed by atoms with Gasteiger partial charge in [-0.1, -0.05) is 32.1 Å². The molecule has 1 aromatic heterocycles. The third-order valence-electron chi connectivity index (χ3n) is 6.73. The number of hydrogen-bond donors (Lipinski definition) is 1. The number of rotatable bonds is 8. The standard InChI is InChI=1S/C25H33N3O4/c1-16(2)14-21(28-24(30)19-11-5-6-12-20(19)25(28)31)22(29)27-15-17-8-7-13-26-23(17)32-18-9-3-4-10-18/h5-8,13,16,18-21H,3-4,9-12,14-15H2,1-2H3,(H,27,29). The van der Waals surface area contributed by atoms with Crippen LogP contribution in [0.25, 0.3) is 0 Å². The van der Waals surface area contributed by atoms with Crippen molar-refractivity contribution in [2.75, 3.05) is 0 Å². The number of carbonyl (C=O) groups is 3. The van der Waals surface area contributed by atoms with Crippen LogP contribution in [-0.2, 0) is 20.9 Å². The van der Waals surface area contributed by atoms with Gasteiger partial charge in [0.15, 0.2) is 0 Å². The molecule has 1 saturated heterocycles. The van der Waals surface area contributed by atoms with Crippen molar-refractivity contribution in [1.29, 1.82) is 0 Å². The first-order chi connectivity index (χ1) is 15.5. The number of allylic oxidation sites excluding steroid dienone is 2. The second kappa shape index (κ2) is 9.84. The largest absolute Gasteiger partial charge is 0.474 e. The van der Waals surface area contributed by atoms with E-state index in [9.17, 15) is 14.4 Å². The van der Waals surface area contributed by atoms with E-state index in [1.807, 2.05) is 38.1 Å². The molecule has 2 heterocycles. The van der Waals surface area contributed by atoms with E-state index < -0.39 is 6.04 Å². The van der Waals surface area contributed by atoms with Crippen LogP contribution >= 0.6 is 0 Å². The maximum absolute atomic E-state index is 13.3. The summed E-state index contributed by atoms with van der Waals surface area (Å²) >= 11 is 0. The smallest absolute Gasteiger partial charge is 0.243 e. The monoisotopic (exact) mass is 439 g/mol. The summed E-state index contributed by atoms with van der Waals surface area (Å²) in [5, 5.41) is 2.95. The van der Waals surface area contributed by atoms with Gasteiger partial charge in [-0.25, -0.2) is 4.98 Å². The van der Waals surface area contributed by atoms with Crippen molar-refractivity contribution in [2.24, 2.45) is 17.8 Å². The summed E-state index contributed by atoms with van der Waals surface area (Å²) in [7, 11) is 0. The SMILES string of the molecule is CC(C)CC(C(=O)NCc1cccnc1OC1CCCC1)N1C(=O)C2CC=CCC2C1=O. The van der Waals surface area contributed by atoms with Crippen molar-refractivity contribution in [3.8, 4) is 5.88 Å². The first-order valence-corrected chi connectivity index (χ1v) is 11.9. The van der Waals surface area contributed by atoms with Gasteiger partial charge in [0.05, 0.1) is 11.8 Å². The fourth-order valence-electron chi connectivity index (χ4n) is 5.04. The molecule has 3 atom stereocenters. The number of imide groups is 1. The number of nitrogens with one attached hydrogen (secondary N) is 1. The van der Waals surface area contributed by atoms with E-state index in [0.717, 1.165) is 31.2 Å². The maximum Gasteiger partial charge on any atom is 0.243 e. The molecule has 0 bridgehead atoms. The molecule has 4 rings (SSSR count). The van der Waals surface area contributed by atoms with Crippen molar-refractivity contribution in [1.82, 2.24) is 15.2 Å². The Kier molecular flexibility index (Phi) is 6.92. The summed E-state index contributed by atoms with van der Waals surface area (Å²) in [5.41, 5.74) is 0.799. The van der Waals surface area contributed by atoms with Crippen LogP contribution < -0.4 is 10.1 Å². The van der Waals surface area contributed by atoms with E-state index in [4.69, 9.17) is 4.74 Å². The Morgan fingerprint density at radius 2 is 1.81 bits per heavy atom. The van der Waals surface area contributed by atoms with E-state index >= 15 is 0 Å². The molecule has 32 heavy (non-hydrogen) atoms. The molecule has 7 heteroatoms. The average molecular weight is 440 g/mol. The van der Waals surface area contributed by atoms with Crippen molar-refractivity contribution in [2.45, 2.75) is 77.5 Å². The molecular weight excluding hydrogens is 406 g/mol. The van der Waals surface area contributed by atoms with Crippen molar-refractivity contribution >= 4 is 17.7 Å². The molecular formula is C25H33N3O4. The van der Waals surface area contributed by atoms with Gasteiger partial charge >= 0.3 is 0 Å². The van der Waals surface area contributed by atoms with Crippen LogP contribution in [0.15, 0.2) is 30.5 Å². The minimum Gasteiger partial charge on any atom is -0.474 e. The number of pyridine rings is 1. The van der Waals surface area contributed by atoms with Gasteiger partial charge in [-0.3, -0.25) is 19.3 Å². The first kappa shape index (κ1) is 22.5. The number of aromatic nitrogens is 1. The first-order valence-electron chi connectivity index (χ1n) is 11.9. The number of fused-ring (bicyclic) bond motifs is 1. The van der Waals surface area contributed by atoms with E-state index in [1.54, 1.807) is 6.20 Å². The fourth-order valence-corrected chi connectivity index (χ4v) is 5.04. The van der Waals surface area contributed by atoms with Gasteiger partial charge in [0.2, 0.25) is 23.6 Å². The molecule has 7 nitrogen and oxygen atoms in total. The zero-order chi connectivity index (χ0) is 22.7. The molecule has 0 radical (unpaired) electrons. The van der Waals surface area contributed by atoms with Gasteiger partial charge in [-0.05, 0) is 56.9 Å². The van der Waals surface area contributed by atoms with E-state index in [-0.39, 0.29) is 48.1 Å². The molecule has 3 unspecified atom stereocenters. The van der Waals surface area contributed by atoms with Crippen LogP contribution in [-0.4, -0.2) is 39.8 Å². The second-order valence-corrected chi connectivity index (χ2v) is 9.56. The topological polar surface area (TPSA) is 88.6 Å². The van der Waals surface area contributed by atoms with Crippen LogP contribution in [0.3, 0.4) is 0 Å². The zero-order valence-electron chi connectivity index (χ0n) is 19.0. The molecule has 3 amide bonds. The maximum atomic E-state index is 13.3. The van der Waals surface area contributed by atoms with Crippen LogP contribution in [0.5, 0.6) is 5.88 Å². The molecule has 0 spiro atoms. The molecule has 2 fully saturated rings. The van der Waals surface area contributed by atoms with E-state index in [0.29, 0.717) is 25.1 Å². The summed E-state index contributed by atoms with van der Waals surface area (Å²) < 4.78 is 6.07. The molecule has 1 N–H and O–H groups in total. The quantitative estimate of drug-likeness (QED) is 0.495. The van der Waals surface area contributed by atoms with Crippen molar-refractivity contribution in [3.63, 3.8) is 0 Å². The highest BCUT2D eigenvalue weighted by atomic mass is 16.5. The third-order valence-corrected chi connectivity index (χ3v) is 6.73. The van der Waals surface area contributed by atoms with Gasteiger partial charge in [-0.2, -0.15) is 0 Å². The minimum atomic E-state index is -0.795. The number of hydrogen-bond acceptors (Lipinski definition) is 5. The Bertz CT molecular complexity index is 865. The Hall–Kier alpha value is -2.70. The highest BCUT2D eigenvalue weighted by Crippen LogP contribution is 2.37. The van der Waals surface area contributed by atoms with Crippen LogP contribution in [0.2, 0.25) is 0 Å². The van der Waals surface area contributed by atoms with Gasteiger partial charge in [0, 0.05) is 18.3 Å². The second-order valence-electron chi connectivity index (χ2n) is 9.56. The van der Waals surface area contributed by atoms with Gasteiger partial charge in [0.25, 0.3) is 0 Å². The zero-order valence-corrected chi connectivity index (χ0v) is 19.0. The van der Waals surface area contributed by atoms with Crippen molar-refractivity contribution < 1.29 is 19.1 Å². The predicted molar refractivity (Wildman–Crippen MR) is 119 cm³/mol. The number of ether oxygens (including phenoxy) is 1. The summed E-state index contributed by atoms with van der Waals surface area (Å²) in [6.45, 7) is 4.23. The summed E-state index contributed by atoms with van der Waals surface area (Å²) in [5.74, 6) is -0.687. The lowest BCUT2D eigenvalue weighted by molar-refractivity contribution is -0.148. The van der Waals surface area contributed by atoms with E-state index in [1.165, 1.54) is 4.90 Å². The van der Waals surface area contributed by atoms with Crippen LogP contribution in [0.4, 0.5) is 0 Å². The lowest BCUT2D eigenvalue weighted by atomic mass is 9.85. The molecule has 1 aliphatic heterocycles. The molecule has 2 aliphatic carbocycles. The van der Waals surface area contributed by atoms with Crippen LogP contribution in [0.1, 0.15) is 64.4 Å². The molecule has 1 aromatic rings. The lowest BCUT2D eigenvalue weighted by Crippen LogP contribution is -2.50. The Labute approximate surface area is 189 Å². The average Bonchev–Trinajstić information content (AvgIpc) is 3.38. The van der Waals surface area contributed by atoms with E-state index in [2.05, 4.69) is 10.3 Å². The third kappa shape index (κ3) is 4.71. The number of carbonyl (C=O) groups excluding carboxylic acids is 3. The summed E-state index contributed by atoms with van der Waals surface area (Å²) in [6, 6.07) is 2.91. The Balaban J connectivity index is 1.46. The number of nitrogens with zero attached hydrogens (tertiary/aromatic N) is 2. The molecule has 3 aliphatic rings. The molecule has 172 valence electrons. The minimum absolute atomic E-state index is 0.159.